The van der Waals surface area contributed by atoms with Crippen molar-refractivity contribution in [2.45, 2.75) is 25.7 Å². The van der Waals surface area contributed by atoms with Gasteiger partial charge in [-0.15, -0.1) is 0 Å². The molecule has 200 valence electrons. The van der Waals surface area contributed by atoms with Crippen LogP contribution in [-0.4, -0.2) is 36.3 Å². The van der Waals surface area contributed by atoms with Crippen LogP contribution in [0.25, 0.3) is 0 Å². The van der Waals surface area contributed by atoms with E-state index in [0.717, 1.165) is 11.1 Å². The minimum atomic E-state index is -3.81. The van der Waals surface area contributed by atoms with E-state index in [1.54, 1.807) is 48.5 Å². The highest BCUT2D eigenvalue weighted by Crippen LogP contribution is 2.48. The molecule has 0 fully saturated rings. The average molecular weight is 542 g/mol. The summed E-state index contributed by atoms with van der Waals surface area (Å²) in [6.45, 7) is -0.0452. The van der Waals surface area contributed by atoms with Gasteiger partial charge in [0.05, 0.1) is 11.1 Å². The van der Waals surface area contributed by atoms with Crippen LogP contribution in [0.4, 0.5) is 10.5 Å². The third kappa shape index (κ3) is 9.02. The second-order valence-corrected chi connectivity index (χ2v) is 10.2. The van der Waals surface area contributed by atoms with E-state index in [-0.39, 0.29) is 37.2 Å². The van der Waals surface area contributed by atoms with Gasteiger partial charge < -0.3 is 23.8 Å². The number of hydrogen-bond donors (Lipinski definition) is 1. The number of rotatable bonds is 13. The lowest BCUT2D eigenvalue weighted by Gasteiger charge is -2.21. The number of nitro benzene ring substituents is 1. The maximum Gasteiger partial charge on any atom is 0.408 e. The van der Waals surface area contributed by atoms with Crippen molar-refractivity contribution in [1.29, 1.82) is 0 Å². The van der Waals surface area contributed by atoms with Crippen LogP contribution in [0.1, 0.15) is 17.5 Å². The molecule has 0 heterocycles. The lowest BCUT2D eigenvalue weighted by Crippen LogP contribution is -2.42. The molecule has 0 spiro atoms. The van der Waals surface area contributed by atoms with Crippen molar-refractivity contribution >= 4 is 25.3 Å². The number of alkyl carbamates (subject to hydrolysis) is 1. The van der Waals surface area contributed by atoms with Crippen LogP contribution in [-0.2, 0) is 36.6 Å². The Balaban J connectivity index is 1.65. The number of carbonyl (C=O) groups is 2. The number of amides is 1. The fraction of sp³-hybridized carbons (Fsp3) is 0.231. The number of nitro groups is 1. The molecule has 0 radical (unpaired) electrons. The summed E-state index contributed by atoms with van der Waals surface area (Å²) < 4.78 is 34.3. The first kappa shape index (κ1) is 28.4. The molecular formula is C26H27N2O9P. The summed E-state index contributed by atoms with van der Waals surface area (Å²) in [4.78, 5) is 35.6. The maximum absolute atomic E-state index is 13.2. The molecule has 2 unspecified atom stereocenters. The number of hydrogen-bond acceptors (Lipinski definition) is 9. The number of nitrogens with zero attached hydrogens (tertiary/aromatic N) is 1. The second kappa shape index (κ2) is 13.9. The van der Waals surface area contributed by atoms with Gasteiger partial charge in [-0.2, -0.15) is 0 Å². The molecule has 3 aromatic rings. The average Bonchev–Trinajstić information content (AvgIpc) is 2.94. The Morgan fingerprint density at radius 1 is 0.895 bits per heavy atom. The molecule has 38 heavy (non-hydrogen) atoms. The molecule has 1 amide bonds. The molecule has 0 aliphatic carbocycles. The number of nitrogens with one attached hydrogen (secondary N) is 1. The molecule has 0 aromatic heterocycles. The molecule has 0 saturated carbocycles. The van der Waals surface area contributed by atoms with Crippen molar-refractivity contribution in [3.63, 3.8) is 0 Å². The Bertz CT molecular complexity index is 1250. The highest BCUT2D eigenvalue weighted by molar-refractivity contribution is 7.54. The number of carbonyl (C=O) groups excluding carboxylic acids is 2. The van der Waals surface area contributed by atoms with Gasteiger partial charge in [0.2, 0.25) is 0 Å². The van der Waals surface area contributed by atoms with E-state index in [0.29, 0.717) is 0 Å². The number of ether oxygens (including phenoxy) is 2. The molecule has 1 N–H and O–H groups in total. The Labute approximate surface area is 219 Å². The smallest absolute Gasteiger partial charge is 0.408 e. The fourth-order valence-electron chi connectivity index (χ4n) is 3.24. The fourth-order valence-corrected chi connectivity index (χ4v) is 4.60. The van der Waals surface area contributed by atoms with Gasteiger partial charge in [0.25, 0.3) is 5.69 Å². The van der Waals surface area contributed by atoms with Crippen LogP contribution in [0.5, 0.6) is 5.75 Å². The van der Waals surface area contributed by atoms with Crippen LogP contribution in [0.15, 0.2) is 84.9 Å². The van der Waals surface area contributed by atoms with Gasteiger partial charge in [-0.1, -0.05) is 60.7 Å². The topological polar surface area (TPSA) is 143 Å². The van der Waals surface area contributed by atoms with Crippen molar-refractivity contribution in [3.8, 4) is 5.75 Å². The van der Waals surface area contributed by atoms with Gasteiger partial charge in [-0.05, 0) is 29.7 Å². The molecule has 0 aliphatic heterocycles. The molecule has 0 aliphatic rings. The summed E-state index contributed by atoms with van der Waals surface area (Å²) in [5.74, 6) is -0.678. The molecular weight excluding hydrogens is 515 g/mol. The summed E-state index contributed by atoms with van der Waals surface area (Å²) in [6, 6.07) is 21.7. The van der Waals surface area contributed by atoms with Crippen LogP contribution in [0.3, 0.4) is 0 Å². The van der Waals surface area contributed by atoms with Crippen molar-refractivity contribution in [2.75, 3.05) is 13.3 Å². The molecule has 3 rings (SSSR count). The van der Waals surface area contributed by atoms with Crippen molar-refractivity contribution in [3.05, 3.63) is 106 Å². The molecule has 0 saturated heterocycles. The van der Waals surface area contributed by atoms with Crippen LogP contribution in [0.2, 0.25) is 0 Å². The first-order valence-electron chi connectivity index (χ1n) is 11.5. The number of esters is 1. The van der Waals surface area contributed by atoms with Gasteiger partial charge in [-0.3, -0.25) is 10.1 Å². The Kier molecular flexibility index (Phi) is 10.4. The number of non-ortho nitro benzene ring substituents is 1. The summed E-state index contributed by atoms with van der Waals surface area (Å²) in [5.41, 5.74) is 1.34. The maximum atomic E-state index is 13.2. The zero-order valence-electron chi connectivity index (χ0n) is 20.6. The summed E-state index contributed by atoms with van der Waals surface area (Å²) in [6.07, 6.45) is -1.30. The predicted molar refractivity (Wildman–Crippen MR) is 138 cm³/mol. The third-order valence-electron chi connectivity index (χ3n) is 5.28. The Morgan fingerprint density at radius 2 is 1.45 bits per heavy atom. The lowest BCUT2D eigenvalue weighted by molar-refractivity contribution is -0.384. The van der Waals surface area contributed by atoms with Crippen molar-refractivity contribution in [2.24, 2.45) is 0 Å². The zero-order chi connectivity index (χ0) is 27.4. The molecule has 0 bridgehead atoms. The second-order valence-electron chi connectivity index (χ2n) is 8.00. The van der Waals surface area contributed by atoms with Crippen LogP contribution >= 0.6 is 7.60 Å². The van der Waals surface area contributed by atoms with Gasteiger partial charge in [-0.25, -0.2) is 14.2 Å². The van der Waals surface area contributed by atoms with E-state index < -0.39 is 30.6 Å². The quantitative estimate of drug-likeness (QED) is 0.133. The van der Waals surface area contributed by atoms with E-state index in [1.807, 2.05) is 12.1 Å². The van der Waals surface area contributed by atoms with Gasteiger partial charge >= 0.3 is 19.7 Å². The van der Waals surface area contributed by atoms with Gasteiger partial charge in [0, 0.05) is 19.2 Å². The highest BCUT2D eigenvalue weighted by atomic mass is 31.2. The minimum absolute atomic E-state index is 0.0156. The van der Waals surface area contributed by atoms with Gasteiger partial charge in [0.1, 0.15) is 25.0 Å². The molecule has 11 nitrogen and oxygen atoms in total. The first-order valence-corrected chi connectivity index (χ1v) is 13.3. The van der Waals surface area contributed by atoms with E-state index in [1.165, 1.54) is 31.4 Å². The van der Waals surface area contributed by atoms with E-state index >= 15 is 0 Å². The molecule has 3 aromatic carbocycles. The molecule has 12 heteroatoms. The molecule has 2 atom stereocenters. The van der Waals surface area contributed by atoms with Crippen LogP contribution in [0, 0.1) is 10.1 Å². The SMILES string of the molecule is COP(=O)(CCC(NC(=O)OCc1ccccc1)C(=O)OCc1ccccc1)Oc1ccc([N+](=O)[O-])cc1. The summed E-state index contributed by atoms with van der Waals surface area (Å²) in [5, 5.41) is 13.3. The van der Waals surface area contributed by atoms with E-state index in [9.17, 15) is 24.3 Å². The number of benzene rings is 3. The third-order valence-corrected chi connectivity index (χ3v) is 7.13. The highest BCUT2D eigenvalue weighted by Gasteiger charge is 2.31. The first-order chi connectivity index (χ1) is 18.3. The largest absolute Gasteiger partial charge is 0.459 e. The van der Waals surface area contributed by atoms with Crippen molar-refractivity contribution < 1.29 is 37.6 Å². The van der Waals surface area contributed by atoms with Crippen molar-refractivity contribution in [1.82, 2.24) is 5.32 Å². The summed E-state index contributed by atoms with van der Waals surface area (Å²) >= 11 is 0. The zero-order valence-corrected chi connectivity index (χ0v) is 21.5. The van der Waals surface area contributed by atoms with Gasteiger partial charge in [0.15, 0.2) is 0 Å². The van der Waals surface area contributed by atoms with Crippen LogP contribution < -0.4 is 9.84 Å². The lowest BCUT2D eigenvalue weighted by atomic mass is 10.2. The normalized spacial score (nSPS) is 13.0. The van der Waals surface area contributed by atoms with E-state index in [2.05, 4.69) is 5.32 Å². The predicted octanol–water partition coefficient (Wildman–Crippen LogP) is 5.24. The Hall–Kier alpha value is -4.21. The summed E-state index contributed by atoms with van der Waals surface area (Å²) in [7, 11) is -2.63. The standard InChI is InChI=1S/C26H27N2O9P/c1-34-38(33,37-23-14-12-22(13-15-23)28(31)32)17-16-24(25(29)35-18-20-8-4-2-5-9-20)27-26(30)36-19-21-10-6-3-7-11-21/h2-15,24H,16-19H2,1H3,(H,27,30). The Morgan fingerprint density at radius 3 is 1.97 bits per heavy atom. The monoisotopic (exact) mass is 542 g/mol. The van der Waals surface area contributed by atoms with E-state index in [4.69, 9.17) is 18.5 Å². The minimum Gasteiger partial charge on any atom is -0.459 e.